The molecule has 0 rings (SSSR count). The second-order valence-electron chi connectivity index (χ2n) is 19.2. The summed E-state index contributed by atoms with van der Waals surface area (Å²) < 4.78 is 16.9. The Kier molecular flexibility index (Phi) is 52.8. The molecule has 0 aliphatic rings. The topological polar surface area (TPSA) is 78.9 Å². The van der Waals surface area contributed by atoms with E-state index < -0.39 is 6.10 Å². The first-order valence-corrected chi connectivity index (χ1v) is 28.6. The highest BCUT2D eigenvalue weighted by Gasteiger charge is 2.19. The number of hydrogen-bond acceptors (Lipinski definition) is 6. The van der Waals surface area contributed by atoms with Gasteiger partial charge in [0, 0.05) is 19.3 Å². The van der Waals surface area contributed by atoms with Crippen molar-refractivity contribution in [1.29, 1.82) is 0 Å². The highest BCUT2D eigenvalue weighted by Crippen LogP contribution is 2.15. The molecular formula is C60H108O6. The number of ether oxygens (including phenoxy) is 3. The number of carbonyl (C=O) groups excluding carboxylic acids is 3. The van der Waals surface area contributed by atoms with E-state index in [-0.39, 0.29) is 31.1 Å². The molecule has 0 fully saturated rings. The van der Waals surface area contributed by atoms with Gasteiger partial charge in [0.15, 0.2) is 6.10 Å². The largest absolute Gasteiger partial charge is 0.462 e. The van der Waals surface area contributed by atoms with Crippen LogP contribution >= 0.6 is 0 Å². The smallest absolute Gasteiger partial charge is 0.306 e. The van der Waals surface area contributed by atoms with Gasteiger partial charge in [0.05, 0.1) is 0 Å². The van der Waals surface area contributed by atoms with Crippen LogP contribution < -0.4 is 0 Å². The molecule has 0 amide bonds. The normalized spacial score (nSPS) is 12.3. The Morgan fingerprint density at radius 3 is 0.894 bits per heavy atom. The van der Waals surface area contributed by atoms with Gasteiger partial charge in [0.2, 0.25) is 0 Å². The minimum Gasteiger partial charge on any atom is -0.462 e. The van der Waals surface area contributed by atoms with Crippen LogP contribution in [0.15, 0.2) is 48.6 Å². The minimum absolute atomic E-state index is 0.0803. The van der Waals surface area contributed by atoms with E-state index in [1.54, 1.807) is 0 Å². The lowest BCUT2D eigenvalue weighted by Crippen LogP contribution is -2.30. The molecule has 0 spiro atoms. The number of allylic oxidation sites excluding steroid dienone is 8. The Morgan fingerprint density at radius 1 is 0.303 bits per heavy atom. The third-order valence-electron chi connectivity index (χ3n) is 12.5. The van der Waals surface area contributed by atoms with Crippen LogP contribution in [0.3, 0.4) is 0 Å². The molecule has 6 nitrogen and oxygen atoms in total. The van der Waals surface area contributed by atoms with Crippen LogP contribution in [0.2, 0.25) is 0 Å². The number of hydrogen-bond donors (Lipinski definition) is 0. The fraction of sp³-hybridized carbons (Fsp3) is 0.817. The standard InChI is InChI=1S/C60H108O6/c1-4-7-10-13-16-19-22-25-28-30-32-35-38-41-44-47-50-53-59(62)65-56-57(55-64-58(61)52-49-46-43-40-37-34-27-24-21-18-15-12-9-6-3)66-60(63)54-51-48-45-42-39-36-33-31-29-26-23-20-17-14-11-8-5-2/h15,18,24-29,57H,4-14,16-17,19-23,30-56H2,1-3H3/b18-15+,27-24+,28-25+,29-26+/t57-/m1/s1. The van der Waals surface area contributed by atoms with Crippen molar-refractivity contribution in [1.82, 2.24) is 0 Å². The summed E-state index contributed by atoms with van der Waals surface area (Å²) in [5, 5.41) is 0. The summed E-state index contributed by atoms with van der Waals surface area (Å²) in [5.74, 6) is -0.891. The molecule has 66 heavy (non-hydrogen) atoms. The van der Waals surface area contributed by atoms with Crippen LogP contribution in [0.5, 0.6) is 0 Å². The molecule has 0 aromatic rings. The molecular weight excluding hydrogens is 817 g/mol. The Labute approximate surface area is 409 Å². The van der Waals surface area contributed by atoms with E-state index >= 15 is 0 Å². The Balaban J connectivity index is 4.38. The lowest BCUT2D eigenvalue weighted by molar-refractivity contribution is -0.167. The van der Waals surface area contributed by atoms with Crippen LogP contribution in [0.25, 0.3) is 0 Å². The van der Waals surface area contributed by atoms with Crippen LogP contribution in [0, 0.1) is 0 Å². The molecule has 0 unspecified atom stereocenters. The van der Waals surface area contributed by atoms with Gasteiger partial charge in [0.1, 0.15) is 13.2 Å². The summed E-state index contributed by atoms with van der Waals surface area (Å²) in [6.45, 7) is 6.60. The van der Waals surface area contributed by atoms with Gasteiger partial charge in [-0.15, -0.1) is 0 Å². The zero-order valence-corrected chi connectivity index (χ0v) is 44.0. The van der Waals surface area contributed by atoms with E-state index in [1.165, 1.54) is 180 Å². The van der Waals surface area contributed by atoms with Crippen LogP contribution in [0.1, 0.15) is 297 Å². The third kappa shape index (κ3) is 52.3. The summed E-state index contributed by atoms with van der Waals surface area (Å²) >= 11 is 0. The molecule has 0 saturated carbocycles. The average molecular weight is 926 g/mol. The fourth-order valence-corrected chi connectivity index (χ4v) is 8.15. The van der Waals surface area contributed by atoms with Crippen LogP contribution in [-0.4, -0.2) is 37.2 Å². The van der Waals surface area contributed by atoms with Gasteiger partial charge < -0.3 is 14.2 Å². The van der Waals surface area contributed by atoms with Gasteiger partial charge in [-0.2, -0.15) is 0 Å². The van der Waals surface area contributed by atoms with Gasteiger partial charge in [-0.3, -0.25) is 14.4 Å². The molecule has 0 aromatic carbocycles. The van der Waals surface area contributed by atoms with Crippen molar-refractivity contribution < 1.29 is 28.6 Å². The average Bonchev–Trinajstić information content (AvgIpc) is 3.31. The predicted octanol–water partition coefficient (Wildman–Crippen LogP) is 19.0. The van der Waals surface area contributed by atoms with Gasteiger partial charge in [0.25, 0.3) is 0 Å². The van der Waals surface area contributed by atoms with Gasteiger partial charge >= 0.3 is 17.9 Å². The molecule has 1 atom stereocenters. The molecule has 0 saturated heterocycles. The Morgan fingerprint density at radius 2 is 0.561 bits per heavy atom. The molecule has 0 heterocycles. The summed E-state index contributed by atoms with van der Waals surface area (Å²) in [6.07, 6.45) is 66.6. The maximum absolute atomic E-state index is 12.8. The van der Waals surface area contributed by atoms with E-state index in [4.69, 9.17) is 14.2 Å². The first-order valence-electron chi connectivity index (χ1n) is 28.6. The molecule has 0 aliphatic heterocycles. The SMILES string of the molecule is CCCC/C=C/C/C=C/CCCCCCCC(=O)OC[C@H](COC(=O)CCCCCCCCC/C=C/CCCCCCCC)OC(=O)CCCCCCCCC/C=C/CCCCCCCC. The van der Waals surface area contributed by atoms with E-state index in [0.29, 0.717) is 19.3 Å². The second kappa shape index (κ2) is 55.0. The maximum atomic E-state index is 12.8. The monoisotopic (exact) mass is 925 g/mol. The van der Waals surface area contributed by atoms with E-state index in [0.717, 1.165) is 77.0 Å². The lowest BCUT2D eigenvalue weighted by atomic mass is 10.1. The van der Waals surface area contributed by atoms with E-state index in [2.05, 4.69) is 69.4 Å². The second-order valence-corrected chi connectivity index (χ2v) is 19.2. The van der Waals surface area contributed by atoms with E-state index in [9.17, 15) is 14.4 Å². The predicted molar refractivity (Wildman–Crippen MR) is 284 cm³/mol. The van der Waals surface area contributed by atoms with Crippen molar-refractivity contribution >= 4 is 17.9 Å². The van der Waals surface area contributed by atoms with Crippen molar-refractivity contribution in [3.63, 3.8) is 0 Å². The van der Waals surface area contributed by atoms with Crippen molar-refractivity contribution in [2.75, 3.05) is 13.2 Å². The van der Waals surface area contributed by atoms with Crippen molar-refractivity contribution in [2.24, 2.45) is 0 Å². The fourth-order valence-electron chi connectivity index (χ4n) is 8.15. The first kappa shape index (κ1) is 63.4. The van der Waals surface area contributed by atoms with Gasteiger partial charge in [-0.1, -0.05) is 230 Å². The summed E-state index contributed by atoms with van der Waals surface area (Å²) in [4.78, 5) is 38.1. The Hall–Kier alpha value is -2.63. The molecule has 6 heteroatoms. The molecule has 384 valence electrons. The molecule has 0 aromatic heterocycles. The van der Waals surface area contributed by atoms with Crippen molar-refractivity contribution in [2.45, 2.75) is 303 Å². The van der Waals surface area contributed by atoms with Crippen molar-refractivity contribution in [3.05, 3.63) is 48.6 Å². The zero-order valence-electron chi connectivity index (χ0n) is 44.0. The van der Waals surface area contributed by atoms with Crippen LogP contribution in [0.4, 0.5) is 0 Å². The zero-order chi connectivity index (χ0) is 47.9. The number of unbranched alkanes of at least 4 members (excludes halogenated alkanes) is 33. The minimum atomic E-state index is -0.782. The van der Waals surface area contributed by atoms with Crippen LogP contribution in [-0.2, 0) is 28.6 Å². The summed E-state index contributed by atoms with van der Waals surface area (Å²) in [7, 11) is 0. The third-order valence-corrected chi connectivity index (χ3v) is 12.5. The van der Waals surface area contributed by atoms with Gasteiger partial charge in [-0.05, 0) is 96.3 Å². The van der Waals surface area contributed by atoms with Gasteiger partial charge in [-0.25, -0.2) is 0 Å². The quantitative estimate of drug-likeness (QED) is 0.0262. The summed E-state index contributed by atoms with van der Waals surface area (Å²) in [6, 6.07) is 0. The molecule has 0 aliphatic carbocycles. The lowest BCUT2D eigenvalue weighted by Gasteiger charge is -2.18. The molecule has 0 bridgehead atoms. The van der Waals surface area contributed by atoms with E-state index in [1.807, 2.05) is 0 Å². The summed E-state index contributed by atoms with van der Waals surface area (Å²) in [5.41, 5.74) is 0. The maximum Gasteiger partial charge on any atom is 0.306 e. The number of rotatable bonds is 52. The molecule has 0 N–H and O–H groups in total. The first-order chi connectivity index (χ1) is 32.5. The highest BCUT2D eigenvalue weighted by atomic mass is 16.6. The molecule has 0 radical (unpaired) electrons. The number of carbonyl (C=O) groups is 3. The number of esters is 3. The van der Waals surface area contributed by atoms with Crippen molar-refractivity contribution in [3.8, 4) is 0 Å². The Bertz CT molecular complexity index is 1150. The highest BCUT2D eigenvalue weighted by molar-refractivity contribution is 5.71.